The Bertz CT molecular complexity index is 317. The Morgan fingerprint density at radius 1 is 1.43 bits per heavy atom. The quantitative estimate of drug-likeness (QED) is 0.476. The minimum atomic E-state index is -0.232. The number of nitrogens with one attached hydrogen (secondary N) is 2. The molecular formula is C15H29N3O3. The molecule has 21 heavy (non-hydrogen) atoms. The fraction of sp³-hybridized carbons (Fsp3) is 0.867. The predicted molar refractivity (Wildman–Crippen MR) is 82.0 cm³/mol. The van der Waals surface area contributed by atoms with Crippen LogP contribution in [0, 0.1) is 5.92 Å². The molecule has 0 aromatic heterocycles. The number of methoxy groups -OCH3 is 1. The van der Waals surface area contributed by atoms with Gasteiger partial charge in [0.25, 0.3) is 0 Å². The number of hydrogen-bond acceptors (Lipinski definition) is 5. The summed E-state index contributed by atoms with van der Waals surface area (Å²) >= 11 is 0. The molecule has 1 unspecified atom stereocenters. The predicted octanol–water partition coefficient (Wildman–Crippen LogP) is 0.377. The van der Waals surface area contributed by atoms with E-state index in [9.17, 15) is 9.59 Å². The van der Waals surface area contributed by atoms with Gasteiger partial charge in [0.1, 0.15) is 0 Å². The van der Waals surface area contributed by atoms with Gasteiger partial charge < -0.3 is 15.4 Å². The SMILES string of the molecule is CCN(CC(=O)NCCCC(=O)OC)CC1CCCNC1. The van der Waals surface area contributed by atoms with E-state index in [0.29, 0.717) is 31.8 Å². The summed E-state index contributed by atoms with van der Waals surface area (Å²) in [5, 5.41) is 6.26. The lowest BCUT2D eigenvalue weighted by atomic mass is 9.99. The van der Waals surface area contributed by atoms with Crippen molar-refractivity contribution >= 4 is 11.9 Å². The standard InChI is InChI=1S/C15H29N3O3/c1-3-18(11-13-6-4-8-16-10-13)12-14(19)17-9-5-7-15(20)21-2/h13,16H,3-12H2,1-2H3,(H,17,19). The molecule has 1 saturated heterocycles. The largest absolute Gasteiger partial charge is 0.469 e. The van der Waals surface area contributed by atoms with Gasteiger partial charge in [-0.05, 0) is 44.8 Å². The van der Waals surface area contributed by atoms with Crippen LogP contribution in [-0.2, 0) is 14.3 Å². The molecule has 0 spiro atoms. The number of esters is 1. The maximum absolute atomic E-state index is 11.9. The van der Waals surface area contributed by atoms with E-state index in [-0.39, 0.29) is 11.9 Å². The highest BCUT2D eigenvalue weighted by atomic mass is 16.5. The number of ether oxygens (including phenoxy) is 1. The molecule has 0 aromatic rings. The zero-order valence-corrected chi connectivity index (χ0v) is 13.3. The van der Waals surface area contributed by atoms with Gasteiger partial charge >= 0.3 is 5.97 Å². The van der Waals surface area contributed by atoms with Gasteiger partial charge in [0.2, 0.25) is 5.91 Å². The van der Waals surface area contributed by atoms with E-state index in [0.717, 1.165) is 26.2 Å². The Labute approximate surface area is 127 Å². The maximum atomic E-state index is 11.9. The molecule has 0 saturated carbocycles. The van der Waals surface area contributed by atoms with Crippen molar-refractivity contribution in [1.82, 2.24) is 15.5 Å². The molecule has 2 N–H and O–H groups in total. The van der Waals surface area contributed by atoms with E-state index in [2.05, 4.69) is 27.2 Å². The molecule has 0 bridgehead atoms. The van der Waals surface area contributed by atoms with Crippen LogP contribution >= 0.6 is 0 Å². The lowest BCUT2D eigenvalue weighted by Gasteiger charge is -2.29. The normalized spacial score (nSPS) is 18.5. The number of hydrogen-bond donors (Lipinski definition) is 2. The first-order chi connectivity index (χ1) is 10.2. The van der Waals surface area contributed by atoms with Crippen LogP contribution in [0.3, 0.4) is 0 Å². The van der Waals surface area contributed by atoms with E-state index >= 15 is 0 Å². The van der Waals surface area contributed by atoms with E-state index in [1.807, 2.05) is 0 Å². The summed E-state index contributed by atoms with van der Waals surface area (Å²) in [5.74, 6) is 0.445. The third kappa shape index (κ3) is 8.02. The van der Waals surface area contributed by atoms with Crippen molar-refractivity contribution in [3.05, 3.63) is 0 Å². The van der Waals surface area contributed by atoms with Gasteiger partial charge in [-0.3, -0.25) is 14.5 Å². The van der Waals surface area contributed by atoms with Gasteiger partial charge in [0, 0.05) is 19.5 Å². The van der Waals surface area contributed by atoms with E-state index in [4.69, 9.17) is 0 Å². The summed E-state index contributed by atoms with van der Waals surface area (Å²) in [7, 11) is 1.38. The number of likely N-dealkylation sites (N-methyl/N-ethyl adjacent to an activating group) is 1. The summed E-state index contributed by atoms with van der Waals surface area (Å²) in [5.41, 5.74) is 0. The lowest BCUT2D eigenvalue weighted by molar-refractivity contribution is -0.140. The average Bonchev–Trinajstić information content (AvgIpc) is 2.51. The van der Waals surface area contributed by atoms with Crippen LogP contribution in [0.4, 0.5) is 0 Å². The van der Waals surface area contributed by atoms with Gasteiger partial charge in [-0.1, -0.05) is 6.92 Å². The number of carbonyl (C=O) groups excluding carboxylic acids is 2. The monoisotopic (exact) mass is 299 g/mol. The number of piperidine rings is 1. The highest BCUT2D eigenvalue weighted by Crippen LogP contribution is 2.11. The Hall–Kier alpha value is -1.14. The smallest absolute Gasteiger partial charge is 0.305 e. The third-order valence-corrected chi connectivity index (χ3v) is 3.84. The minimum Gasteiger partial charge on any atom is -0.469 e. The molecule has 6 nitrogen and oxygen atoms in total. The molecule has 6 heteroatoms. The van der Waals surface area contributed by atoms with E-state index in [1.165, 1.54) is 20.0 Å². The molecule has 1 rings (SSSR count). The van der Waals surface area contributed by atoms with Crippen LogP contribution in [0.2, 0.25) is 0 Å². The Kier molecular flexibility index (Phi) is 9.01. The summed E-state index contributed by atoms with van der Waals surface area (Å²) < 4.78 is 4.56. The number of amides is 1. The summed E-state index contributed by atoms with van der Waals surface area (Å²) in [6.07, 6.45) is 3.44. The zero-order valence-electron chi connectivity index (χ0n) is 13.3. The summed E-state index contributed by atoms with van der Waals surface area (Å²) in [6, 6.07) is 0. The second-order valence-electron chi connectivity index (χ2n) is 5.57. The topological polar surface area (TPSA) is 70.7 Å². The maximum Gasteiger partial charge on any atom is 0.305 e. The van der Waals surface area contributed by atoms with Gasteiger partial charge in [-0.2, -0.15) is 0 Å². The van der Waals surface area contributed by atoms with Gasteiger partial charge in [0.15, 0.2) is 0 Å². The highest BCUT2D eigenvalue weighted by molar-refractivity contribution is 5.78. The van der Waals surface area contributed by atoms with Gasteiger partial charge in [-0.25, -0.2) is 0 Å². The molecule has 1 aliphatic heterocycles. The highest BCUT2D eigenvalue weighted by Gasteiger charge is 2.17. The third-order valence-electron chi connectivity index (χ3n) is 3.84. The number of carbonyl (C=O) groups is 2. The van der Waals surface area contributed by atoms with Crippen LogP contribution < -0.4 is 10.6 Å². The van der Waals surface area contributed by atoms with Crippen molar-refractivity contribution in [2.45, 2.75) is 32.6 Å². The fourth-order valence-electron chi connectivity index (χ4n) is 2.57. The molecule has 0 aliphatic carbocycles. The second kappa shape index (κ2) is 10.6. The molecule has 1 aliphatic rings. The van der Waals surface area contributed by atoms with Crippen LogP contribution in [0.5, 0.6) is 0 Å². The molecule has 1 fully saturated rings. The van der Waals surface area contributed by atoms with Crippen molar-refractivity contribution in [2.75, 3.05) is 46.4 Å². The second-order valence-corrected chi connectivity index (χ2v) is 5.57. The number of rotatable bonds is 9. The van der Waals surface area contributed by atoms with Crippen LogP contribution in [0.1, 0.15) is 32.6 Å². The first-order valence-electron chi connectivity index (χ1n) is 7.92. The lowest BCUT2D eigenvalue weighted by Crippen LogP contribution is -2.43. The van der Waals surface area contributed by atoms with E-state index < -0.39 is 0 Å². The summed E-state index contributed by atoms with van der Waals surface area (Å²) in [4.78, 5) is 25.0. The van der Waals surface area contributed by atoms with Crippen LogP contribution in [0.15, 0.2) is 0 Å². The molecule has 122 valence electrons. The van der Waals surface area contributed by atoms with Crippen LogP contribution in [-0.4, -0.2) is 63.2 Å². The molecular weight excluding hydrogens is 270 g/mol. The Balaban J connectivity index is 2.16. The van der Waals surface area contributed by atoms with Crippen molar-refractivity contribution in [3.8, 4) is 0 Å². The first-order valence-corrected chi connectivity index (χ1v) is 7.92. The van der Waals surface area contributed by atoms with E-state index in [1.54, 1.807) is 0 Å². The van der Waals surface area contributed by atoms with Gasteiger partial charge in [-0.15, -0.1) is 0 Å². The van der Waals surface area contributed by atoms with Crippen molar-refractivity contribution < 1.29 is 14.3 Å². The van der Waals surface area contributed by atoms with Crippen molar-refractivity contribution in [2.24, 2.45) is 5.92 Å². The zero-order chi connectivity index (χ0) is 15.5. The first kappa shape index (κ1) is 17.9. The Morgan fingerprint density at radius 3 is 2.86 bits per heavy atom. The molecule has 0 radical (unpaired) electrons. The van der Waals surface area contributed by atoms with Crippen molar-refractivity contribution in [1.29, 1.82) is 0 Å². The number of nitrogens with zero attached hydrogens (tertiary/aromatic N) is 1. The molecule has 1 atom stereocenters. The summed E-state index contributed by atoms with van der Waals surface area (Å²) in [6.45, 7) is 7.06. The molecule has 1 amide bonds. The fourth-order valence-corrected chi connectivity index (χ4v) is 2.57. The Morgan fingerprint density at radius 2 is 2.24 bits per heavy atom. The molecule has 1 heterocycles. The minimum absolute atomic E-state index is 0.0329. The molecule has 0 aromatic carbocycles. The van der Waals surface area contributed by atoms with Crippen LogP contribution in [0.25, 0.3) is 0 Å². The average molecular weight is 299 g/mol. The van der Waals surface area contributed by atoms with Gasteiger partial charge in [0.05, 0.1) is 13.7 Å². The van der Waals surface area contributed by atoms with Crippen molar-refractivity contribution in [3.63, 3.8) is 0 Å².